The van der Waals surface area contributed by atoms with Crippen LogP contribution in [0.3, 0.4) is 0 Å². The zero-order chi connectivity index (χ0) is 62.4. The van der Waals surface area contributed by atoms with Crippen molar-refractivity contribution in [2.24, 2.45) is 0 Å². The fourth-order valence-corrected chi connectivity index (χ4v) is 19.3. The topological polar surface area (TPSA) is 56.5 Å². The van der Waals surface area contributed by atoms with Gasteiger partial charge in [0.05, 0.1) is 42.9 Å². The Labute approximate surface area is 564 Å². The summed E-state index contributed by atoms with van der Waals surface area (Å²) in [6.45, 7) is 0. The van der Waals surface area contributed by atoms with Crippen molar-refractivity contribution in [3.63, 3.8) is 0 Å². The molecule has 0 amide bonds. The number of rotatable bonds is 3. The molecule has 0 spiro atoms. The average Bonchev–Trinajstić information content (AvgIpc) is 1.60. The molecular weight excluding hydrogens is 1250 g/mol. The van der Waals surface area contributed by atoms with Crippen molar-refractivity contribution in [3.05, 3.63) is 295 Å². The first-order chi connectivity index (χ1) is 46.9. The molecule has 0 unspecified atom stereocenters. The molecule has 0 bridgehead atoms. The van der Waals surface area contributed by atoms with Crippen LogP contribution in [0.25, 0.3) is 185 Å². The molecule has 0 N–H and O–H groups in total. The van der Waals surface area contributed by atoms with Gasteiger partial charge in [0.1, 0.15) is 0 Å². The van der Waals surface area contributed by atoms with E-state index in [1.54, 1.807) is 22.7 Å². The summed E-state index contributed by atoms with van der Waals surface area (Å²) < 4.78 is 12.1. The zero-order valence-corrected chi connectivity index (χ0v) is 54.5. The predicted octanol–water partition coefficient (Wildman–Crippen LogP) is 25.4. The largest absolute Gasteiger partial charge is 0.278 e. The lowest BCUT2D eigenvalue weighted by atomic mass is 9.99. The zero-order valence-electron chi connectivity index (χ0n) is 50.5. The Bertz CT molecular complexity index is 6630. The Morgan fingerprint density at radius 1 is 0.284 bits per heavy atom. The van der Waals surface area contributed by atoms with E-state index in [2.05, 4.69) is 288 Å². The summed E-state index contributed by atoms with van der Waals surface area (Å²) in [5.41, 5.74) is 14.0. The van der Waals surface area contributed by atoms with E-state index in [1.807, 2.05) is 28.7 Å². The van der Waals surface area contributed by atoms with E-state index in [-0.39, 0.29) is 5.28 Å². The van der Waals surface area contributed by atoms with Crippen LogP contribution >= 0.6 is 56.9 Å². The van der Waals surface area contributed by atoms with E-state index >= 15 is 0 Å². The molecule has 95 heavy (non-hydrogen) atoms. The van der Waals surface area contributed by atoms with Crippen molar-refractivity contribution in [2.75, 3.05) is 0 Å². The maximum absolute atomic E-state index is 6.30. The van der Waals surface area contributed by atoms with Crippen molar-refractivity contribution in [3.8, 4) is 39.6 Å². The molecule has 0 saturated carbocycles. The Morgan fingerprint density at radius 3 is 1.11 bits per heavy atom. The predicted molar refractivity (Wildman–Crippen MR) is 411 cm³/mol. The molecule has 7 heterocycles. The Hall–Kier alpha value is -10.8. The molecule has 22 rings (SSSR count). The molecule has 0 saturated heterocycles. The van der Waals surface area contributed by atoms with Crippen molar-refractivity contribution in [1.29, 1.82) is 0 Å². The highest BCUT2D eigenvalue weighted by Crippen LogP contribution is 2.46. The first kappa shape index (κ1) is 54.8. The molecule has 7 aromatic heterocycles. The van der Waals surface area contributed by atoms with Crippen LogP contribution in [-0.4, -0.2) is 24.5 Å². The van der Waals surface area contributed by atoms with Gasteiger partial charge in [0.15, 0.2) is 0 Å². The van der Waals surface area contributed by atoms with Crippen LogP contribution in [0.4, 0.5) is 0 Å². The van der Waals surface area contributed by atoms with Gasteiger partial charge in [0, 0.05) is 82.4 Å². The molecule has 21 aromatic rings. The molecule has 1 aliphatic carbocycles. The number of aromatic nitrogens is 5. The van der Waals surface area contributed by atoms with Crippen LogP contribution < -0.4 is 0 Å². The third-order valence-corrected chi connectivity index (χ3v) is 23.8. The molecular formula is C85H48ClN5S4. The minimum Gasteiger partial charge on any atom is -0.278 e. The van der Waals surface area contributed by atoms with Gasteiger partial charge in [0.2, 0.25) is 11.2 Å². The van der Waals surface area contributed by atoms with E-state index in [1.165, 1.54) is 126 Å². The molecule has 0 fully saturated rings. The van der Waals surface area contributed by atoms with Gasteiger partial charge in [0.25, 0.3) is 0 Å². The second-order valence-electron chi connectivity index (χ2n) is 24.5. The SMILES string of the molecule is Clc1nc(-c2ccc3c(c2)sc2ccccc23)c2sc3ccccc3c2n1.c1ccc2cc3c(cc2c1)Cc1cc2ccccc2cc1-3.c1ccc2cc3c(cc2c1)c1cc2ccccc2cc1n3-c1nc(-c2ccc3c(c2)sc2ccccc23)c2sc3ccccc3c2n1. The van der Waals surface area contributed by atoms with Crippen molar-refractivity contribution in [2.45, 2.75) is 6.42 Å². The average molecular weight is 1300 g/mol. The van der Waals surface area contributed by atoms with Crippen LogP contribution in [-0.2, 0) is 6.42 Å². The van der Waals surface area contributed by atoms with Gasteiger partial charge in [-0.15, -0.1) is 45.3 Å². The van der Waals surface area contributed by atoms with E-state index in [0.29, 0.717) is 5.95 Å². The number of thiophene rings is 4. The molecule has 5 nitrogen and oxygen atoms in total. The number of hydrogen-bond donors (Lipinski definition) is 0. The van der Waals surface area contributed by atoms with Gasteiger partial charge in [-0.3, -0.25) is 4.57 Å². The lowest BCUT2D eigenvalue weighted by Gasteiger charge is -2.11. The number of halogens is 1. The highest BCUT2D eigenvalue weighted by molar-refractivity contribution is 7.27. The summed E-state index contributed by atoms with van der Waals surface area (Å²) in [4.78, 5) is 20.0. The highest BCUT2D eigenvalue weighted by atomic mass is 35.5. The minimum atomic E-state index is 0.289. The third kappa shape index (κ3) is 8.99. The summed E-state index contributed by atoms with van der Waals surface area (Å²) in [7, 11) is 0. The summed E-state index contributed by atoms with van der Waals surface area (Å²) in [6.07, 6.45) is 1.06. The normalized spacial score (nSPS) is 12.2. The third-order valence-electron chi connectivity index (χ3n) is 19.0. The van der Waals surface area contributed by atoms with Gasteiger partial charge >= 0.3 is 0 Å². The molecule has 444 valence electrons. The van der Waals surface area contributed by atoms with Gasteiger partial charge in [-0.05, 0) is 156 Å². The maximum atomic E-state index is 6.30. The van der Waals surface area contributed by atoms with Gasteiger partial charge < -0.3 is 0 Å². The summed E-state index contributed by atoms with van der Waals surface area (Å²) in [5, 5.41) is 20.4. The van der Waals surface area contributed by atoms with E-state index in [9.17, 15) is 0 Å². The second kappa shape index (κ2) is 21.7. The number of nitrogens with zero attached hydrogens (tertiary/aromatic N) is 5. The van der Waals surface area contributed by atoms with E-state index in [0.717, 1.165) is 71.2 Å². The molecule has 0 aliphatic heterocycles. The van der Waals surface area contributed by atoms with E-state index < -0.39 is 0 Å². The van der Waals surface area contributed by atoms with Crippen molar-refractivity contribution in [1.82, 2.24) is 24.5 Å². The molecule has 10 heteroatoms. The number of hydrogen-bond acceptors (Lipinski definition) is 8. The molecule has 1 aliphatic rings. The second-order valence-corrected chi connectivity index (χ2v) is 29.2. The fraction of sp³-hybridized carbons (Fsp3) is 0.0118. The molecule has 0 atom stereocenters. The van der Waals surface area contributed by atoms with Crippen LogP contribution in [0.1, 0.15) is 11.1 Å². The van der Waals surface area contributed by atoms with Gasteiger partial charge in [-0.1, -0.05) is 206 Å². The minimum absolute atomic E-state index is 0.289. The summed E-state index contributed by atoms with van der Waals surface area (Å²) >= 11 is 13.5. The summed E-state index contributed by atoms with van der Waals surface area (Å²) in [5.74, 6) is 0.693. The lowest BCUT2D eigenvalue weighted by Crippen LogP contribution is -2.02. The Kier molecular flexibility index (Phi) is 12.5. The Morgan fingerprint density at radius 2 is 0.642 bits per heavy atom. The number of benzene rings is 14. The van der Waals surface area contributed by atoms with Crippen molar-refractivity contribution < 1.29 is 0 Å². The Balaban J connectivity index is 0.000000108. The van der Waals surface area contributed by atoms with Crippen molar-refractivity contribution >= 4 is 203 Å². The first-order valence-electron chi connectivity index (χ1n) is 31.7. The van der Waals surface area contributed by atoms with Crippen LogP contribution in [0, 0.1) is 0 Å². The standard InChI is InChI=1S/C42H23N3S2.C22H11ClN2S2.C21H14/c1-3-11-26-21-34-32(19-24(26)9-1)33-20-25-10-2-4-12-27(25)22-35(33)45(34)42-43-39(41-40(44-42)31-14-6-8-16-37(31)47-41)28-17-18-30-29-13-5-7-15-36(29)46-38(30)23-28;23-22-24-19(21-20(25-22)15-6-2-4-8-17(15)27-21)12-9-10-14-13-5-1-3-7-16(13)26-18(14)11-12;1-3-7-16-12-20-18(9-14(16)5-1)11-19-10-15-6-2-4-8-17(15)13-21(19)20/h1-23H;1-11H;1-10,12-13H,11H2. The monoisotopic (exact) mass is 1300 g/mol. The molecule has 14 aromatic carbocycles. The molecule has 0 radical (unpaired) electrons. The fourth-order valence-electron chi connectivity index (χ4n) is 14.6. The lowest BCUT2D eigenvalue weighted by molar-refractivity contribution is 1.02. The van der Waals surface area contributed by atoms with Gasteiger partial charge in [-0.25, -0.2) is 19.9 Å². The van der Waals surface area contributed by atoms with Crippen LogP contribution in [0.15, 0.2) is 279 Å². The van der Waals surface area contributed by atoms with Gasteiger partial charge in [-0.2, -0.15) is 0 Å². The smallest absolute Gasteiger partial charge is 0.235 e. The first-order valence-corrected chi connectivity index (χ1v) is 35.3. The summed E-state index contributed by atoms with van der Waals surface area (Å²) in [6, 6.07) is 101. The van der Waals surface area contributed by atoms with E-state index in [4.69, 9.17) is 21.6 Å². The van der Waals surface area contributed by atoms with Crippen LogP contribution in [0.2, 0.25) is 5.28 Å². The quantitative estimate of drug-likeness (QED) is 0.165. The highest BCUT2D eigenvalue weighted by Gasteiger charge is 2.24. The number of fused-ring (bicyclic) bond motifs is 22. The maximum Gasteiger partial charge on any atom is 0.235 e. The van der Waals surface area contributed by atoms with Crippen LogP contribution in [0.5, 0.6) is 0 Å².